The third kappa shape index (κ3) is 5.21. The van der Waals surface area contributed by atoms with E-state index in [0.717, 1.165) is 48.4 Å². The molecule has 12 rings (SSSR count). The molecular weight excluding hydrogens is 773 g/mol. The Morgan fingerprint density at radius 3 is 1.50 bits per heavy atom. The molecule has 2 spiro atoms. The molecule has 4 bridgehead atoms. The van der Waals surface area contributed by atoms with Crippen LogP contribution in [0, 0.1) is 11.8 Å². The molecule has 14 heteroatoms. The maximum absolute atomic E-state index is 13.4. The SMILES string of the molecule is O=C(COCCOCC(=O)Oc1ccc2c3c1O[C@@H]1C(=O)CC[C@]4(O)[C@H](C2)N(CC2CC2)CC[C@@]314)Oc1ccc2c3c1O[C@@H]1C(=O)CC[C@]4(O)[C@H](C2)N(CC2CC2)CC[C@@]314. The van der Waals surface area contributed by atoms with E-state index in [0.29, 0.717) is 61.9 Å². The number of hydrogen-bond donors (Lipinski definition) is 2. The van der Waals surface area contributed by atoms with Gasteiger partial charge >= 0.3 is 11.9 Å². The van der Waals surface area contributed by atoms with Crippen LogP contribution in [0.25, 0.3) is 0 Å². The number of hydrogen-bond acceptors (Lipinski definition) is 14. The summed E-state index contributed by atoms with van der Waals surface area (Å²) < 4.78 is 35.4. The molecule has 6 aliphatic carbocycles. The van der Waals surface area contributed by atoms with Crippen LogP contribution in [0.2, 0.25) is 0 Å². The van der Waals surface area contributed by atoms with Crippen molar-refractivity contribution in [2.24, 2.45) is 11.8 Å². The van der Waals surface area contributed by atoms with Crippen molar-refractivity contribution >= 4 is 23.5 Å². The molecule has 4 saturated carbocycles. The molecule has 4 aliphatic heterocycles. The van der Waals surface area contributed by atoms with E-state index in [1.807, 2.05) is 12.1 Å². The summed E-state index contributed by atoms with van der Waals surface area (Å²) >= 11 is 0. The van der Waals surface area contributed by atoms with Gasteiger partial charge in [0.25, 0.3) is 0 Å². The topological polar surface area (TPSA) is 171 Å². The highest BCUT2D eigenvalue weighted by Gasteiger charge is 2.75. The van der Waals surface area contributed by atoms with Crippen LogP contribution in [-0.2, 0) is 52.3 Å². The number of Topliss-reactive ketones (excluding diaryl/α,β-unsaturated/α-hetero) is 2. The van der Waals surface area contributed by atoms with Gasteiger partial charge in [-0.15, -0.1) is 0 Å². The minimum Gasteiger partial charge on any atom is -0.477 e. The van der Waals surface area contributed by atoms with Crippen LogP contribution in [0.15, 0.2) is 24.3 Å². The molecule has 318 valence electrons. The molecule has 0 aromatic heterocycles. The van der Waals surface area contributed by atoms with Crippen LogP contribution in [0.5, 0.6) is 23.0 Å². The molecule has 10 aliphatic rings. The summed E-state index contributed by atoms with van der Waals surface area (Å²) in [6.07, 6.45) is 7.07. The van der Waals surface area contributed by atoms with Crippen molar-refractivity contribution in [1.29, 1.82) is 0 Å². The minimum atomic E-state index is -1.11. The van der Waals surface area contributed by atoms with Gasteiger partial charge in [-0.3, -0.25) is 19.4 Å². The van der Waals surface area contributed by atoms with Gasteiger partial charge in [0.15, 0.2) is 46.8 Å². The first-order chi connectivity index (χ1) is 29.0. The van der Waals surface area contributed by atoms with E-state index in [4.69, 9.17) is 28.4 Å². The van der Waals surface area contributed by atoms with E-state index >= 15 is 0 Å². The van der Waals surface area contributed by atoms with Crippen LogP contribution in [-0.4, -0.2) is 132 Å². The van der Waals surface area contributed by atoms with E-state index in [1.165, 1.54) is 25.7 Å². The van der Waals surface area contributed by atoms with Gasteiger partial charge < -0.3 is 38.6 Å². The number of carbonyl (C=O) groups is 4. The highest BCUT2D eigenvalue weighted by Crippen LogP contribution is 2.67. The quantitative estimate of drug-likeness (QED) is 0.172. The van der Waals surface area contributed by atoms with Gasteiger partial charge in [0.05, 0.1) is 35.2 Å². The third-order valence-electron chi connectivity index (χ3n) is 16.3. The predicted octanol–water partition coefficient (Wildman–Crippen LogP) is 2.50. The molecule has 8 atom stereocenters. The Bertz CT molecular complexity index is 2070. The number of aliphatic hydroxyl groups is 2. The number of rotatable bonds is 13. The van der Waals surface area contributed by atoms with Gasteiger partial charge in [-0.2, -0.15) is 0 Å². The number of piperidine rings is 2. The zero-order valence-electron chi connectivity index (χ0n) is 33.8. The largest absolute Gasteiger partial charge is 0.477 e. The standard InChI is InChI=1S/C46H52N2O12/c49-29-9-11-45(53)33-19-27-5-7-31(39-37(27)43(45,41(29)59-39)13-15-47(33)21-25-1-2-25)57-35(51)23-55-17-18-56-24-36(52)58-32-8-6-28-20-34-46(54)12-10-30(50)42-44(46,38(28)40(32)60-42)14-16-48(34)22-26-3-4-26/h5-8,25-26,33-34,41-42,53-54H,1-4,9-24H2/t33-,34-,41+,42+,43+,44+,45-,46-/m0/s1. The van der Waals surface area contributed by atoms with E-state index < -0.39 is 46.2 Å². The van der Waals surface area contributed by atoms with Crippen molar-refractivity contribution in [3.8, 4) is 23.0 Å². The van der Waals surface area contributed by atoms with Crippen LogP contribution in [0.4, 0.5) is 0 Å². The van der Waals surface area contributed by atoms with Gasteiger partial charge in [-0.25, -0.2) is 9.59 Å². The average Bonchev–Trinajstić information content (AvgIpc) is 4.16. The molecule has 0 radical (unpaired) electrons. The Balaban J connectivity index is 0.666. The Kier molecular flexibility index (Phi) is 8.38. The number of esters is 2. The summed E-state index contributed by atoms with van der Waals surface area (Å²) in [5.41, 5.74) is -0.243. The van der Waals surface area contributed by atoms with E-state index in [-0.39, 0.29) is 74.4 Å². The summed E-state index contributed by atoms with van der Waals surface area (Å²) in [4.78, 5) is 57.7. The van der Waals surface area contributed by atoms with Gasteiger partial charge in [0.1, 0.15) is 13.2 Å². The number of carbonyl (C=O) groups excluding carboxylic acids is 4. The normalized spacial score (nSPS) is 36.6. The summed E-state index contributed by atoms with van der Waals surface area (Å²) in [6, 6.07) is 7.13. The number of ether oxygens (including phenoxy) is 6. The zero-order chi connectivity index (χ0) is 40.8. The fourth-order valence-corrected chi connectivity index (χ4v) is 13.4. The molecule has 2 saturated heterocycles. The molecule has 2 aromatic carbocycles. The fraction of sp³-hybridized carbons (Fsp3) is 0.652. The van der Waals surface area contributed by atoms with Gasteiger partial charge in [-0.1, -0.05) is 12.1 Å². The molecule has 4 heterocycles. The Hall–Kier alpha value is -3.92. The molecule has 2 aromatic rings. The number of benzene rings is 2. The van der Waals surface area contributed by atoms with Crippen LogP contribution in [0.1, 0.15) is 86.5 Å². The maximum atomic E-state index is 13.4. The maximum Gasteiger partial charge on any atom is 0.337 e. The summed E-state index contributed by atoms with van der Waals surface area (Å²) in [5, 5.41) is 25.0. The average molecular weight is 825 g/mol. The smallest absolute Gasteiger partial charge is 0.337 e. The lowest BCUT2D eigenvalue weighted by atomic mass is 9.49. The first kappa shape index (κ1) is 37.8. The summed E-state index contributed by atoms with van der Waals surface area (Å²) in [6.45, 7) is 2.73. The van der Waals surface area contributed by atoms with Crippen LogP contribution >= 0.6 is 0 Å². The molecule has 6 fully saturated rings. The van der Waals surface area contributed by atoms with Gasteiger partial charge in [-0.05, 0) is 112 Å². The van der Waals surface area contributed by atoms with E-state index in [1.54, 1.807) is 12.1 Å². The lowest BCUT2D eigenvalue weighted by Crippen LogP contribution is -2.76. The first-order valence-corrected chi connectivity index (χ1v) is 22.3. The van der Waals surface area contributed by atoms with Crippen molar-refractivity contribution < 1.29 is 57.8 Å². The van der Waals surface area contributed by atoms with Crippen molar-refractivity contribution in [3.05, 3.63) is 46.5 Å². The molecule has 14 nitrogen and oxygen atoms in total. The van der Waals surface area contributed by atoms with Gasteiger partial charge in [0.2, 0.25) is 0 Å². The second kappa shape index (κ2) is 13.3. The molecule has 0 unspecified atom stereocenters. The Labute approximate surface area is 347 Å². The monoisotopic (exact) mass is 824 g/mol. The van der Waals surface area contributed by atoms with Crippen molar-refractivity contribution in [2.45, 2.75) is 123 Å². The lowest BCUT2D eigenvalue weighted by Gasteiger charge is -2.62. The predicted molar refractivity (Wildman–Crippen MR) is 209 cm³/mol. The molecular formula is C46H52N2O12. The zero-order valence-corrected chi connectivity index (χ0v) is 33.8. The number of ketones is 2. The fourth-order valence-electron chi connectivity index (χ4n) is 13.4. The van der Waals surface area contributed by atoms with E-state index in [9.17, 15) is 29.4 Å². The number of likely N-dealkylation sites (tertiary alicyclic amines) is 2. The summed E-state index contributed by atoms with van der Waals surface area (Å²) in [5.74, 6) is 1.15. The second-order valence-corrected chi connectivity index (χ2v) is 19.4. The second-order valence-electron chi connectivity index (χ2n) is 19.4. The van der Waals surface area contributed by atoms with Crippen molar-refractivity contribution in [3.63, 3.8) is 0 Å². The lowest BCUT2D eigenvalue weighted by molar-refractivity contribution is -0.188. The molecule has 0 amide bonds. The minimum absolute atomic E-state index is 0.00157. The Morgan fingerprint density at radius 2 is 1.08 bits per heavy atom. The van der Waals surface area contributed by atoms with Crippen molar-refractivity contribution in [1.82, 2.24) is 9.80 Å². The first-order valence-electron chi connectivity index (χ1n) is 22.3. The highest BCUT2D eigenvalue weighted by molar-refractivity contribution is 5.91. The summed E-state index contributed by atoms with van der Waals surface area (Å²) in [7, 11) is 0. The third-order valence-corrected chi connectivity index (χ3v) is 16.3. The van der Waals surface area contributed by atoms with Crippen LogP contribution in [0.3, 0.4) is 0 Å². The van der Waals surface area contributed by atoms with Crippen molar-refractivity contribution in [2.75, 3.05) is 52.6 Å². The molecule has 2 N–H and O–H groups in total. The van der Waals surface area contributed by atoms with Crippen LogP contribution < -0.4 is 18.9 Å². The highest BCUT2D eigenvalue weighted by atomic mass is 16.6. The molecule has 60 heavy (non-hydrogen) atoms. The van der Waals surface area contributed by atoms with Gasteiger partial charge in [0, 0.05) is 49.1 Å². The Morgan fingerprint density at radius 1 is 0.650 bits per heavy atom. The number of nitrogens with zero attached hydrogens (tertiary/aromatic N) is 2. The van der Waals surface area contributed by atoms with E-state index in [2.05, 4.69) is 9.80 Å².